The molecule has 0 aliphatic carbocycles. The highest BCUT2D eigenvalue weighted by Crippen LogP contribution is 2.01. The number of aryl methyl sites for hydroxylation is 1. The number of hydrogen-bond acceptors (Lipinski definition) is 4. The number of pyridine rings is 1. The maximum Gasteiger partial charge on any atom is 0.334 e. The topological polar surface area (TPSA) is 101 Å². The molecule has 3 N–H and O–H groups in total. The summed E-state index contributed by atoms with van der Waals surface area (Å²) in [6, 6.07) is 3.25. The smallest absolute Gasteiger partial charge is 0.334 e. The molecule has 0 fully saturated rings. The molecular weight excluding hydrogens is 250 g/mol. The Hall–Kier alpha value is -2.15. The molecule has 0 saturated carbocycles. The molecule has 0 aliphatic heterocycles. The molecule has 1 heterocycles. The zero-order chi connectivity index (χ0) is 14.3. The Balaban J connectivity index is 2.36. The molecule has 1 aromatic heterocycles. The van der Waals surface area contributed by atoms with Crippen LogP contribution in [-0.2, 0) is 16.1 Å². The molecule has 2 amide bonds. The number of carbonyl (C=O) groups is 2. The summed E-state index contributed by atoms with van der Waals surface area (Å²) in [5, 5.41) is 13.7. The Morgan fingerprint density at radius 2 is 2.21 bits per heavy atom. The highest BCUT2D eigenvalue weighted by molar-refractivity contribution is 5.76. The van der Waals surface area contributed by atoms with Crippen molar-refractivity contribution in [2.24, 2.45) is 0 Å². The monoisotopic (exact) mass is 267 g/mol. The second kappa shape index (κ2) is 7.32. The second-order valence-corrected chi connectivity index (χ2v) is 3.89. The van der Waals surface area contributed by atoms with Gasteiger partial charge >= 0.3 is 12.0 Å². The van der Waals surface area contributed by atoms with E-state index in [1.165, 1.54) is 7.11 Å². The predicted octanol–water partition coefficient (Wildman–Crippen LogP) is 0.289. The van der Waals surface area contributed by atoms with Gasteiger partial charge in [0.15, 0.2) is 6.10 Å². The molecular formula is C12H17N3O4. The van der Waals surface area contributed by atoms with Crippen molar-refractivity contribution in [3.05, 3.63) is 29.6 Å². The minimum absolute atomic E-state index is 0.0983. The van der Waals surface area contributed by atoms with Crippen LogP contribution in [0.3, 0.4) is 0 Å². The van der Waals surface area contributed by atoms with E-state index in [4.69, 9.17) is 5.11 Å². The summed E-state index contributed by atoms with van der Waals surface area (Å²) in [6.45, 7) is 2.08. The molecule has 1 atom stereocenters. The van der Waals surface area contributed by atoms with Crippen LogP contribution >= 0.6 is 0 Å². The first-order valence-corrected chi connectivity index (χ1v) is 5.72. The maximum atomic E-state index is 11.5. The van der Waals surface area contributed by atoms with E-state index >= 15 is 0 Å². The average Bonchev–Trinajstić information content (AvgIpc) is 2.38. The van der Waals surface area contributed by atoms with Crippen molar-refractivity contribution in [3.8, 4) is 0 Å². The van der Waals surface area contributed by atoms with Crippen molar-refractivity contribution >= 4 is 12.0 Å². The standard InChI is InChI=1S/C12H17N3O4/c1-8-4-3-5-13-9(8)6-14-12(18)15-7-10(19-2)11(16)17/h3-5,10H,6-7H2,1-2H3,(H,16,17)(H2,14,15,18). The molecule has 7 heteroatoms. The lowest BCUT2D eigenvalue weighted by atomic mass is 10.2. The van der Waals surface area contributed by atoms with Gasteiger partial charge in [-0.15, -0.1) is 0 Å². The lowest BCUT2D eigenvalue weighted by molar-refractivity contribution is -0.147. The molecule has 19 heavy (non-hydrogen) atoms. The fraction of sp³-hybridized carbons (Fsp3) is 0.417. The molecule has 0 aromatic carbocycles. The van der Waals surface area contributed by atoms with Gasteiger partial charge in [0.25, 0.3) is 0 Å². The number of nitrogens with zero attached hydrogens (tertiary/aromatic N) is 1. The third kappa shape index (κ3) is 4.92. The molecule has 1 unspecified atom stereocenters. The molecule has 0 spiro atoms. The van der Waals surface area contributed by atoms with E-state index in [0.717, 1.165) is 11.3 Å². The van der Waals surface area contributed by atoms with Gasteiger partial charge in [-0.25, -0.2) is 9.59 Å². The van der Waals surface area contributed by atoms with Crippen LogP contribution in [0.2, 0.25) is 0 Å². The number of rotatable bonds is 6. The number of ether oxygens (including phenoxy) is 1. The molecule has 1 aromatic rings. The van der Waals surface area contributed by atoms with Crippen molar-refractivity contribution in [2.45, 2.75) is 19.6 Å². The first kappa shape index (κ1) is 14.9. The Morgan fingerprint density at radius 3 is 2.79 bits per heavy atom. The number of carboxylic acids is 1. The van der Waals surface area contributed by atoms with Crippen LogP contribution in [-0.4, -0.2) is 41.8 Å². The third-order valence-electron chi connectivity index (χ3n) is 2.54. The number of aliphatic carboxylic acids is 1. The van der Waals surface area contributed by atoms with E-state index in [1.54, 1.807) is 6.20 Å². The van der Waals surface area contributed by atoms with Gasteiger partial charge in [0.2, 0.25) is 0 Å². The van der Waals surface area contributed by atoms with Gasteiger partial charge in [-0.2, -0.15) is 0 Å². The number of amides is 2. The van der Waals surface area contributed by atoms with E-state index in [9.17, 15) is 9.59 Å². The van der Waals surface area contributed by atoms with Crippen molar-refractivity contribution < 1.29 is 19.4 Å². The highest BCUT2D eigenvalue weighted by Gasteiger charge is 2.16. The van der Waals surface area contributed by atoms with Crippen LogP contribution < -0.4 is 10.6 Å². The predicted molar refractivity (Wildman–Crippen MR) is 67.6 cm³/mol. The fourth-order valence-electron chi connectivity index (χ4n) is 1.39. The van der Waals surface area contributed by atoms with Gasteiger partial charge < -0.3 is 20.5 Å². The normalized spacial score (nSPS) is 11.7. The number of methoxy groups -OCH3 is 1. The van der Waals surface area contributed by atoms with E-state index in [-0.39, 0.29) is 13.1 Å². The van der Waals surface area contributed by atoms with E-state index in [0.29, 0.717) is 0 Å². The minimum Gasteiger partial charge on any atom is -0.479 e. The Morgan fingerprint density at radius 1 is 1.47 bits per heavy atom. The molecule has 0 aliphatic rings. The fourth-order valence-corrected chi connectivity index (χ4v) is 1.39. The molecule has 7 nitrogen and oxygen atoms in total. The third-order valence-corrected chi connectivity index (χ3v) is 2.54. The molecule has 104 valence electrons. The Kier molecular flexibility index (Phi) is 5.74. The zero-order valence-corrected chi connectivity index (χ0v) is 10.8. The number of nitrogens with one attached hydrogen (secondary N) is 2. The summed E-state index contributed by atoms with van der Waals surface area (Å²) in [4.78, 5) is 26.3. The number of carboxylic acid groups (broad SMARTS) is 1. The van der Waals surface area contributed by atoms with Gasteiger partial charge in [0, 0.05) is 13.3 Å². The zero-order valence-electron chi connectivity index (χ0n) is 10.8. The molecule has 0 saturated heterocycles. The SMILES string of the molecule is COC(CNC(=O)NCc1ncccc1C)C(=O)O. The Bertz CT molecular complexity index is 450. The molecule has 0 bridgehead atoms. The average molecular weight is 267 g/mol. The summed E-state index contributed by atoms with van der Waals surface area (Å²) in [6.07, 6.45) is 0.593. The van der Waals surface area contributed by atoms with Crippen LogP contribution in [0, 0.1) is 6.92 Å². The number of carbonyl (C=O) groups excluding carboxylic acids is 1. The second-order valence-electron chi connectivity index (χ2n) is 3.89. The van der Waals surface area contributed by atoms with Gasteiger partial charge in [0.1, 0.15) is 0 Å². The van der Waals surface area contributed by atoms with Gasteiger partial charge in [-0.05, 0) is 18.6 Å². The van der Waals surface area contributed by atoms with Crippen LogP contribution in [0.4, 0.5) is 4.79 Å². The van der Waals surface area contributed by atoms with Crippen molar-refractivity contribution in [1.29, 1.82) is 0 Å². The van der Waals surface area contributed by atoms with Gasteiger partial charge in [-0.1, -0.05) is 6.07 Å². The van der Waals surface area contributed by atoms with Crippen LogP contribution in [0.1, 0.15) is 11.3 Å². The first-order valence-electron chi connectivity index (χ1n) is 5.72. The lowest BCUT2D eigenvalue weighted by Gasteiger charge is -2.12. The van der Waals surface area contributed by atoms with Crippen molar-refractivity contribution in [2.75, 3.05) is 13.7 Å². The van der Waals surface area contributed by atoms with Crippen LogP contribution in [0.15, 0.2) is 18.3 Å². The van der Waals surface area contributed by atoms with E-state index < -0.39 is 18.1 Å². The highest BCUT2D eigenvalue weighted by atomic mass is 16.5. The summed E-state index contributed by atoms with van der Waals surface area (Å²) < 4.78 is 4.69. The van der Waals surface area contributed by atoms with Crippen molar-refractivity contribution in [3.63, 3.8) is 0 Å². The van der Waals surface area contributed by atoms with E-state index in [1.807, 2.05) is 19.1 Å². The summed E-state index contributed by atoms with van der Waals surface area (Å²) in [5.41, 5.74) is 1.74. The van der Waals surface area contributed by atoms with Gasteiger partial charge in [0.05, 0.1) is 18.8 Å². The summed E-state index contributed by atoms with van der Waals surface area (Å²) in [7, 11) is 1.27. The van der Waals surface area contributed by atoms with Crippen molar-refractivity contribution in [1.82, 2.24) is 15.6 Å². The molecule has 0 radical (unpaired) electrons. The summed E-state index contributed by atoms with van der Waals surface area (Å²) in [5.74, 6) is -1.12. The summed E-state index contributed by atoms with van der Waals surface area (Å²) >= 11 is 0. The minimum atomic E-state index is -1.12. The van der Waals surface area contributed by atoms with E-state index in [2.05, 4.69) is 20.4 Å². The first-order chi connectivity index (χ1) is 9.04. The Labute approximate surface area is 111 Å². The largest absolute Gasteiger partial charge is 0.479 e. The number of hydrogen-bond donors (Lipinski definition) is 3. The quantitative estimate of drug-likeness (QED) is 0.687. The number of aromatic nitrogens is 1. The van der Waals surface area contributed by atoms with Crippen LogP contribution in [0.5, 0.6) is 0 Å². The molecule has 1 rings (SSSR count). The number of urea groups is 1. The maximum absolute atomic E-state index is 11.5. The van der Waals surface area contributed by atoms with Crippen LogP contribution in [0.25, 0.3) is 0 Å². The van der Waals surface area contributed by atoms with Gasteiger partial charge in [-0.3, -0.25) is 4.98 Å². The lowest BCUT2D eigenvalue weighted by Crippen LogP contribution is -2.42.